The molecule has 0 aliphatic heterocycles. The van der Waals surface area contributed by atoms with Crippen molar-refractivity contribution in [3.63, 3.8) is 0 Å². The Labute approximate surface area is 254 Å². The van der Waals surface area contributed by atoms with Crippen molar-refractivity contribution in [1.29, 1.82) is 5.26 Å². The largest absolute Gasteiger partial charge is 0.457 e. The molecule has 4 rings (SSSR count). The Bertz CT molecular complexity index is 1670. The van der Waals surface area contributed by atoms with Crippen molar-refractivity contribution in [1.82, 2.24) is 0 Å². The van der Waals surface area contributed by atoms with Gasteiger partial charge in [0.2, 0.25) is 0 Å². The number of fused-ring (bicyclic) bond motifs is 1. The molecule has 0 heterocycles. The Morgan fingerprint density at radius 3 is 1.98 bits per heavy atom. The van der Waals surface area contributed by atoms with E-state index in [9.17, 15) is 9.59 Å². The predicted molar refractivity (Wildman–Crippen MR) is 175 cm³/mol. The minimum Gasteiger partial charge on any atom is -0.457 e. The van der Waals surface area contributed by atoms with Crippen LogP contribution in [0.4, 0.5) is 0 Å². The van der Waals surface area contributed by atoms with E-state index in [1.807, 2.05) is 79.7 Å². The second-order valence-corrected chi connectivity index (χ2v) is 9.93. The van der Waals surface area contributed by atoms with E-state index < -0.39 is 5.97 Å². The normalized spacial score (nSPS) is 11.4. The number of ketones is 1. The molecule has 4 aromatic rings. The summed E-state index contributed by atoms with van der Waals surface area (Å²) in [5.74, 6) is 1.56. The summed E-state index contributed by atoms with van der Waals surface area (Å²) in [5, 5.41) is 11.0. The monoisotopic (exact) mass is 571 g/mol. The zero-order chi connectivity index (χ0) is 31.4. The van der Waals surface area contributed by atoms with Crippen molar-refractivity contribution < 1.29 is 19.1 Å². The van der Waals surface area contributed by atoms with Crippen LogP contribution in [0.15, 0.2) is 110 Å². The van der Waals surface area contributed by atoms with Gasteiger partial charge in [-0.05, 0) is 90.2 Å². The topological polar surface area (TPSA) is 76.4 Å². The third kappa shape index (κ3) is 8.40. The van der Waals surface area contributed by atoms with Gasteiger partial charge < -0.3 is 9.47 Å². The number of hydrogen-bond acceptors (Lipinski definition) is 5. The molecule has 0 fully saturated rings. The minimum absolute atomic E-state index is 0.0185. The lowest BCUT2D eigenvalue weighted by atomic mass is 9.89. The lowest BCUT2D eigenvalue weighted by Gasteiger charge is -2.21. The van der Waals surface area contributed by atoms with Gasteiger partial charge in [0.25, 0.3) is 0 Å². The smallest absolute Gasteiger partial charge is 0.335 e. The van der Waals surface area contributed by atoms with Gasteiger partial charge in [-0.15, -0.1) is 0 Å². The predicted octanol–water partition coefficient (Wildman–Crippen LogP) is 9.57. The van der Waals surface area contributed by atoms with Crippen LogP contribution < -0.4 is 9.47 Å². The fourth-order valence-electron chi connectivity index (χ4n) is 4.41. The molecular weight excluding hydrogens is 534 g/mol. The number of carbonyl (C=O) groups excluding carboxylic acids is 2. The van der Waals surface area contributed by atoms with E-state index in [4.69, 9.17) is 14.7 Å². The Hall–Kier alpha value is -5.21. The van der Waals surface area contributed by atoms with Crippen molar-refractivity contribution in [2.45, 2.75) is 46.5 Å². The fourth-order valence-corrected chi connectivity index (χ4v) is 4.41. The number of allylic oxidation sites excluding steroid dienone is 2. The molecule has 0 saturated carbocycles. The summed E-state index contributed by atoms with van der Waals surface area (Å²) in [6, 6.07) is 27.5. The number of esters is 1. The maximum Gasteiger partial charge on any atom is 0.335 e. The van der Waals surface area contributed by atoms with Crippen LogP contribution >= 0.6 is 0 Å². The molecule has 0 amide bonds. The summed E-state index contributed by atoms with van der Waals surface area (Å²) in [6.07, 6.45) is 6.16. The van der Waals surface area contributed by atoms with Crippen molar-refractivity contribution in [3.05, 3.63) is 127 Å². The molecule has 0 N–H and O–H groups in total. The number of nitrogens with zero attached hydrogens (tertiary/aromatic N) is 1. The zero-order valence-corrected chi connectivity index (χ0v) is 25.2. The Morgan fingerprint density at radius 2 is 1.47 bits per heavy atom. The molecule has 43 heavy (non-hydrogen) atoms. The van der Waals surface area contributed by atoms with E-state index in [1.54, 1.807) is 0 Å². The van der Waals surface area contributed by atoms with Crippen molar-refractivity contribution >= 4 is 28.3 Å². The second kappa shape index (κ2) is 15.7. The first-order valence-corrected chi connectivity index (χ1v) is 14.3. The van der Waals surface area contributed by atoms with E-state index in [0.29, 0.717) is 28.7 Å². The molecule has 0 spiro atoms. The highest BCUT2D eigenvalue weighted by Gasteiger charge is 2.21. The molecule has 0 aromatic heterocycles. The Balaban J connectivity index is 0.000000934. The third-order valence-electron chi connectivity index (χ3n) is 6.91. The molecule has 0 saturated heterocycles. The first-order chi connectivity index (χ1) is 20.8. The number of benzene rings is 4. The molecule has 4 aromatic carbocycles. The van der Waals surface area contributed by atoms with Gasteiger partial charge in [0.15, 0.2) is 5.78 Å². The van der Waals surface area contributed by atoms with Gasteiger partial charge in [-0.25, -0.2) is 4.79 Å². The van der Waals surface area contributed by atoms with Crippen LogP contribution in [0.5, 0.6) is 11.5 Å². The van der Waals surface area contributed by atoms with E-state index in [-0.39, 0.29) is 5.78 Å². The third-order valence-corrected chi connectivity index (χ3v) is 6.91. The second-order valence-electron chi connectivity index (χ2n) is 9.93. The summed E-state index contributed by atoms with van der Waals surface area (Å²) < 4.78 is 12.3. The van der Waals surface area contributed by atoms with E-state index in [1.165, 1.54) is 24.6 Å². The highest BCUT2D eigenvalue weighted by molar-refractivity contribution is 5.98. The van der Waals surface area contributed by atoms with E-state index in [0.717, 1.165) is 40.3 Å². The molecule has 0 bridgehead atoms. The van der Waals surface area contributed by atoms with Crippen LogP contribution in [0.25, 0.3) is 27.7 Å². The average molecular weight is 572 g/mol. The van der Waals surface area contributed by atoms with Crippen molar-refractivity contribution in [3.8, 4) is 28.7 Å². The summed E-state index contributed by atoms with van der Waals surface area (Å²) in [4.78, 5) is 22.1. The van der Waals surface area contributed by atoms with Gasteiger partial charge in [0.05, 0.1) is 17.2 Å². The van der Waals surface area contributed by atoms with Crippen LogP contribution in [-0.2, 0) is 9.59 Å². The van der Waals surface area contributed by atoms with Crippen LogP contribution in [0, 0.1) is 11.3 Å². The van der Waals surface area contributed by atoms with Gasteiger partial charge in [0, 0.05) is 11.5 Å². The van der Waals surface area contributed by atoms with Crippen molar-refractivity contribution in [2.75, 3.05) is 0 Å². The summed E-state index contributed by atoms with van der Waals surface area (Å²) in [5.41, 5.74) is 4.58. The summed E-state index contributed by atoms with van der Waals surface area (Å²) in [7, 11) is 0. The van der Waals surface area contributed by atoms with Gasteiger partial charge >= 0.3 is 5.97 Å². The number of nitriles is 1. The minimum atomic E-state index is -0.518. The summed E-state index contributed by atoms with van der Waals surface area (Å²) in [6.45, 7) is 14.7. The van der Waals surface area contributed by atoms with Gasteiger partial charge in [-0.1, -0.05) is 82.5 Å². The molecule has 1 unspecified atom stereocenters. The molecule has 0 radical (unpaired) electrons. The van der Waals surface area contributed by atoms with Crippen molar-refractivity contribution in [2.24, 2.45) is 0 Å². The standard InChI is InChI=1S/C34H31NO3.C4H6O/c1-5-10-32(37-27-19-17-26(18-20-27)25-15-13-24(22-35)14-16-25)31-21-30(23(4)6-2)28-11-8-9-12-29(28)34(31)38-33(36)7-3;1-3-4(2)5/h7-21,23H,3,5-6H2,1-2,4H3;3H,1H2,2H3/b32-10+;. The maximum absolute atomic E-state index is 12.4. The molecule has 5 heteroatoms. The summed E-state index contributed by atoms with van der Waals surface area (Å²) >= 11 is 0. The van der Waals surface area contributed by atoms with Crippen LogP contribution in [0.3, 0.4) is 0 Å². The van der Waals surface area contributed by atoms with Gasteiger partial charge in [-0.2, -0.15) is 5.26 Å². The fraction of sp³-hybridized carbons (Fsp3) is 0.184. The average Bonchev–Trinajstić information content (AvgIpc) is 3.04. The van der Waals surface area contributed by atoms with Crippen LogP contribution in [-0.4, -0.2) is 11.8 Å². The first kappa shape index (κ1) is 32.3. The van der Waals surface area contributed by atoms with Gasteiger partial charge in [-0.3, -0.25) is 4.79 Å². The highest BCUT2D eigenvalue weighted by Crippen LogP contribution is 2.41. The van der Waals surface area contributed by atoms with Gasteiger partial charge in [0.1, 0.15) is 17.3 Å². The zero-order valence-electron chi connectivity index (χ0n) is 25.2. The molecule has 0 aliphatic rings. The maximum atomic E-state index is 12.4. The highest BCUT2D eigenvalue weighted by atomic mass is 16.5. The lowest BCUT2D eigenvalue weighted by Crippen LogP contribution is -2.09. The quantitative estimate of drug-likeness (QED) is 0.0820. The van der Waals surface area contributed by atoms with Crippen LogP contribution in [0.2, 0.25) is 0 Å². The molecule has 218 valence electrons. The Morgan fingerprint density at radius 1 is 0.884 bits per heavy atom. The number of hydrogen-bond donors (Lipinski definition) is 0. The SMILES string of the molecule is C=CC(=O)Oc1c(/C(=C\CC)Oc2ccc(-c3ccc(C#N)cc3)cc2)cc(C(C)CC)c2ccccc12.C=CC(C)=O. The van der Waals surface area contributed by atoms with E-state index >= 15 is 0 Å². The van der Waals surface area contributed by atoms with E-state index in [2.05, 4.69) is 45.2 Å². The first-order valence-electron chi connectivity index (χ1n) is 14.3. The molecule has 0 aliphatic carbocycles. The molecule has 5 nitrogen and oxygen atoms in total. The molecule has 1 atom stereocenters. The number of rotatable bonds is 10. The van der Waals surface area contributed by atoms with Crippen LogP contribution in [0.1, 0.15) is 63.1 Å². The lowest BCUT2D eigenvalue weighted by molar-refractivity contribution is -0.128. The Kier molecular flexibility index (Phi) is 11.8. The molecular formula is C38H37NO4. The number of carbonyl (C=O) groups is 2. The number of ether oxygens (including phenoxy) is 2.